The predicted octanol–water partition coefficient (Wildman–Crippen LogP) is 0.325. The highest BCUT2D eigenvalue weighted by molar-refractivity contribution is 7.91. The summed E-state index contributed by atoms with van der Waals surface area (Å²) < 4.78 is 28.2. The van der Waals surface area contributed by atoms with Crippen molar-refractivity contribution in [3.05, 3.63) is 23.8 Å². The molecule has 1 atom stereocenters. The molecule has 2 heterocycles. The van der Waals surface area contributed by atoms with Crippen molar-refractivity contribution >= 4 is 27.3 Å². The molecule has 118 valence electrons. The van der Waals surface area contributed by atoms with Gasteiger partial charge in [0.2, 0.25) is 5.91 Å². The molecule has 0 bridgehead atoms. The Morgan fingerprint density at radius 1 is 1.36 bits per heavy atom. The molecule has 2 aliphatic heterocycles. The number of ether oxygens (including phenoxy) is 1. The topological polar surface area (TPSA) is 102 Å². The van der Waals surface area contributed by atoms with Gasteiger partial charge < -0.3 is 15.4 Å². The van der Waals surface area contributed by atoms with Crippen LogP contribution < -0.4 is 15.4 Å². The van der Waals surface area contributed by atoms with Crippen LogP contribution in [0.2, 0.25) is 0 Å². The predicted molar refractivity (Wildman–Crippen MR) is 79.7 cm³/mol. The van der Waals surface area contributed by atoms with E-state index in [4.69, 9.17) is 4.74 Å². The Morgan fingerprint density at radius 2 is 2.18 bits per heavy atom. The molecule has 0 aliphatic carbocycles. The highest BCUT2D eigenvalue weighted by Crippen LogP contribution is 2.28. The highest BCUT2D eigenvalue weighted by Gasteiger charge is 2.29. The molecular formula is C14H16N2O5S. The van der Waals surface area contributed by atoms with Gasteiger partial charge in [-0.05, 0) is 24.6 Å². The van der Waals surface area contributed by atoms with E-state index in [2.05, 4.69) is 10.6 Å². The quantitative estimate of drug-likeness (QED) is 0.816. The minimum atomic E-state index is -3.04. The molecule has 1 unspecified atom stereocenters. The number of fused-ring (bicyclic) bond motifs is 1. The van der Waals surface area contributed by atoms with E-state index in [1.54, 1.807) is 12.1 Å². The molecule has 2 N–H and O–H groups in total. The summed E-state index contributed by atoms with van der Waals surface area (Å²) >= 11 is 0. The van der Waals surface area contributed by atoms with Gasteiger partial charge in [0.25, 0.3) is 5.91 Å². The molecule has 7 nitrogen and oxygen atoms in total. The van der Waals surface area contributed by atoms with E-state index in [1.807, 2.05) is 0 Å². The zero-order chi connectivity index (χ0) is 15.7. The molecule has 0 spiro atoms. The second-order valence-electron chi connectivity index (χ2n) is 5.43. The normalized spacial score (nSPS) is 22.9. The van der Waals surface area contributed by atoms with Crippen LogP contribution in [0.3, 0.4) is 0 Å². The van der Waals surface area contributed by atoms with Crippen LogP contribution in [0.1, 0.15) is 23.2 Å². The van der Waals surface area contributed by atoms with Crippen molar-refractivity contribution in [3.63, 3.8) is 0 Å². The molecule has 2 aliphatic rings. The van der Waals surface area contributed by atoms with Crippen molar-refractivity contribution in [3.8, 4) is 5.75 Å². The number of rotatable bonds is 2. The maximum atomic E-state index is 12.2. The molecule has 1 aromatic rings. The van der Waals surface area contributed by atoms with Crippen molar-refractivity contribution in [1.29, 1.82) is 0 Å². The number of carbonyl (C=O) groups excluding carboxylic acids is 2. The van der Waals surface area contributed by atoms with Crippen LogP contribution in [0.4, 0.5) is 5.69 Å². The lowest BCUT2D eigenvalue weighted by Crippen LogP contribution is -2.35. The van der Waals surface area contributed by atoms with Crippen LogP contribution in [-0.2, 0) is 14.6 Å². The second kappa shape index (κ2) is 5.60. The van der Waals surface area contributed by atoms with E-state index >= 15 is 0 Å². The SMILES string of the molecule is O=C1CCOc2ccc(C(=O)NC3CCS(=O)(=O)C3)cc2N1. The number of carbonyl (C=O) groups is 2. The van der Waals surface area contributed by atoms with Gasteiger partial charge in [-0.3, -0.25) is 9.59 Å². The molecule has 3 rings (SSSR count). The van der Waals surface area contributed by atoms with Crippen molar-refractivity contribution in [2.75, 3.05) is 23.4 Å². The summed E-state index contributed by atoms with van der Waals surface area (Å²) in [4.78, 5) is 23.7. The molecule has 2 amide bonds. The van der Waals surface area contributed by atoms with Gasteiger partial charge in [-0.25, -0.2) is 8.42 Å². The van der Waals surface area contributed by atoms with Gasteiger partial charge in [0.05, 0.1) is 30.2 Å². The van der Waals surface area contributed by atoms with E-state index in [9.17, 15) is 18.0 Å². The molecule has 0 aromatic heterocycles. The number of nitrogens with one attached hydrogen (secondary N) is 2. The summed E-state index contributed by atoms with van der Waals surface area (Å²) in [5.41, 5.74) is 0.808. The third kappa shape index (κ3) is 3.22. The summed E-state index contributed by atoms with van der Waals surface area (Å²) in [6.07, 6.45) is 0.689. The Hall–Kier alpha value is -2.09. The lowest BCUT2D eigenvalue weighted by molar-refractivity contribution is -0.116. The maximum absolute atomic E-state index is 12.2. The Labute approximate surface area is 128 Å². The van der Waals surface area contributed by atoms with Crippen molar-refractivity contribution < 1.29 is 22.7 Å². The smallest absolute Gasteiger partial charge is 0.251 e. The van der Waals surface area contributed by atoms with Gasteiger partial charge in [0, 0.05) is 11.6 Å². The van der Waals surface area contributed by atoms with Gasteiger partial charge in [0.1, 0.15) is 5.75 Å². The highest BCUT2D eigenvalue weighted by atomic mass is 32.2. The molecule has 1 aromatic carbocycles. The fourth-order valence-electron chi connectivity index (χ4n) is 2.54. The van der Waals surface area contributed by atoms with Crippen LogP contribution >= 0.6 is 0 Å². The second-order valence-corrected chi connectivity index (χ2v) is 7.66. The van der Waals surface area contributed by atoms with E-state index in [-0.39, 0.29) is 35.8 Å². The first-order valence-electron chi connectivity index (χ1n) is 7.01. The first kappa shape index (κ1) is 14.8. The summed E-state index contributed by atoms with van der Waals surface area (Å²) in [5.74, 6) is 0.0719. The third-order valence-electron chi connectivity index (χ3n) is 3.67. The Kier molecular flexibility index (Phi) is 3.78. The van der Waals surface area contributed by atoms with Gasteiger partial charge in [0.15, 0.2) is 9.84 Å². The third-order valence-corrected chi connectivity index (χ3v) is 5.44. The minimum Gasteiger partial charge on any atom is -0.491 e. The minimum absolute atomic E-state index is 0.0243. The Morgan fingerprint density at radius 3 is 2.91 bits per heavy atom. The monoisotopic (exact) mass is 324 g/mol. The number of hydrogen-bond acceptors (Lipinski definition) is 5. The zero-order valence-corrected chi connectivity index (χ0v) is 12.6. The average molecular weight is 324 g/mol. The van der Waals surface area contributed by atoms with Gasteiger partial charge in [-0.15, -0.1) is 0 Å². The number of amides is 2. The van der Waals surface area contributed by atoms with Crippen molar-refractivity contribution in [1.82, 2.24) is 5.32 Å². The number of hydrogen-bond donors (Lipinski definition) is 2. The van der Waals surface area contributed by atoms with Gasteiger partial charge in [-0.2, -0.15) is 0 Å². The number of sulfone groups is 1. The number of benzene rings is 1. The molecular weight excluding hydrogens is 308 g/mol. The van der Waals surface area contributed by atoms with Crippen molar-refractivity contribution in [2.24, 2.45) is 0 Å². The Balaban J connectivity index is 1.75. The molecule has 1 saturated heterocycles. The molecule has 0 radical (unpaired) electrons. The summed E-state index contributed by atoms with van der Waals surface area (Å²) in [6, 6.07) is 4.40. The summed E-state index contributed by atoms with van der Waals surface area (Å²) in [7, 11) is -3.04. The van der Waals surface area contributed by atoms with Gasteiger partial charge >= 0.3 is 0 Å². The zero-order valence-electron chi connectivity index (χ0n) is 11.8. The average Bonchev–Trinajstić information content (AvgIpc) is 2.68. The standard InChI is InChI=1S/C14H16N2O5S/c17-13-3-5-21-12-2-1-9(7-11(12)16-13)14(18)15-10-4-6-22(19,20)8-10/h1-2,7,10H,3-6,8H2,(H,15,18)(H,16,17). The maximum Gasteiger partial charge on any atom is 0.251 e. The van der Waals surface area contributed by atoms with Crippen molar-refractivity contribution in [2.45, 2.75) is 18.9 Å². The largest absolute Gasteiger partial charge is 0.491 e. The van der Waals surface area contributed by atoms with E-state index in [0.717, 1.165) is 0 Å². The lowest BCUT2D eigenvalue weighted by Gasteiger charge is -2.13. The molecule has 22 heavy (non-hydrogen) atoms. The van der Waals surface area contributed by atoms with Crippen LogP contribution in [0.5, 0.6) is 5.75 Å². The van der Waals surface area contributed by atoms with E-state index in [0.29, 0.717) is 30.0 Å². The fourth-order valence-corrected chi connectivity index (χ4v) is 4.21. The van der Waals surface area contributed by atoms with Gasteiger partial charge in [-0.1, -0.05) is 0 Å². The molecule has 1 fully saturated rings. The van der Waals surface area contributed by atoms with Crippen LogP contribution in [-0.4, -0.2) is 44.4 Å². The Bertz CT molecular complexity index is 729. The van der Waals surface area contributed by atoms with E-state index < -0.39 is 9.84 Å². The van der Waals surface area contributed by atoms with Crippen LogP contribution in [0.25, 0.3) is 0 Å². The summed E-state index contributed by atoms with van der Waals surface area (Å²) in [6.45, 7) is 0.296. The van der Waals surface area contributed by atoms with E-state index in [1.165, 1.54) is 6.07 Å². The fraction of sp³-hybridized carbons (Fsp3) is 0.429. The summed E-state index contributed by atoms with van der Waals surface area (Å²) in [5, 5.41) is 5.40. The number of anilines is 1. The molecule has 0 saturated carbocycles. The van der Waals surface area contributed by atoms with Crippen LogP contribution in [0.15, 0.2) is 18.2 Å². The molecule has 8 heteroatoms. The first-order valence-corrected chi connectivity index (χ1v) is 8.83. The first-order chi connectivity index (χ1) is 10.4. The lowest BCUT2D eigenvalue weighted by atomic mass is 10.1. The van der Waals surface area contributed by atoms with Crippen LogP contribution in [0, 0.1) is 0 Å².